The van der Waals surface area contributed by atoms with Gasteiger partial charge in [-0.25, -0.2) is 4.68 Å². The molecule has 6 nitrogen and oxygen atoms in total. The average molecular weight is 376 g/mol. The van der Waals surface area contributed by atoms with Crippen LogP contribution in [0.5, 0.6) is 0 Å². The molecule has 2 N–H and O–H groups in total. The summed E-state index contributed by atoms with van der Waals surface area (Å²) in [6.45, 7) is 1.78. The molecule has 2 fully saturated rings. The summed E-state index contributed by atoms with van der Waals surface area (Å²) >= 11 is 3.44. The van der Waals surface area contributed by atoms with Gasteiger partial charge in [0.1, 0.15) is 0 Å². The van der Waals surface area contributed by atoms with Crippen LogP contribution in [-0.4, -0.2) is 40.0 Å². The van der Waals surface area contributed by atoms with Gasteiger partial charge in [-0.05, 0) is 50.1 Å². The Hall–Kier alpha value is -1.73. The fourth-order valence-corrected chi connectivity index (χ4v) is 3.24. The number of halogens is 1. The van der Waals surface area contributed by atoms with Crippen molar-refractivity contribution in [1.82, 2.24) is 25.6 Å². The topological polar surface area (TPSA) is 71.8 Å². The van der Waals surface area contributed by atoms with E-state index >= 15 is 0 Å². The van der Waals surface area contributed by atoms with Crippen molar-refractivity contribution in [1.29, 1.82) is 0 Å². The number of carbonyl (C=O) groups excluding carboxylic acids is 1. The predicted molar refractivity (Wildman–Crippen MR) is 89.8 cm³/mol. The lowest BCUT2D eigenvalue weighted by Crippen LogP contribution is -2.36. The second-order valence-corrected chi connectivity index (χ2v) is 7.06. The third-order valence-corrected chi connectivity index (χ3v) is 4.88. The lowest BCUT2D eigenvalue weighted by atomic mass is 10.2. The molecule has 7 heteroatoms. The van der Waals surface area contributed by atoms with E-state index in [0.29, 0.717) is 11.6 Å². The van der Waals surface area contributed by atoms with E-state index in [1.165, 1.54) is 0 Å². The Morgan fingerprint density at radius 1 is 1.26 bits per heavy atom. The molecule has 23 heavy (non-hydrogen) atoms. The molecular formula is C16H18BrN5O. The zero-order chi connectivity index (χ0) is 15.8. The van der Waals surface area contributed by atoms with Gasteiger partial charge in [0, 0.05) is 23.0 Å². The highest BCUT2D eigenvalue weighted by Crippen LogP contribution is 2.42. The third kappa shape index (κ3) is 3.03. The quantitative estimate of drug-likeness (QED) is 0.856. The zero-order valence-corrected chi connectivity index (χ0v) is 14.2. The molecule has 1 aromatic carbocycles. The van der Waals surface area contributed by atoms with E-state index in [2.05, 4.69) is 36.9 Å². The van der Waals surface area contributed by atoms with Gasteiger partial charge < -0.3 is 10.6 Å². The van der Waals surface area contributed by atoms with Gasteiger partial charge in [0.2, 0.25) is 0 Å². The lowest BCUT2D eigenvalue weighted by molar-refractivity contribution is 0.0934. The molecule has 0 spiro atoms. The summed E-state index contributed by atoms with van der Waals surface area (Å²) in [5, 5.41) is 14.8. The Morgan fingerprint density at radius 3 is 2.70 bits per heavy atom. The lowest BCUT2D eigenvalue weighted by Gasteiger charge is -2.11. The number of benzene rings is 1. The molecule has 1 amide bonds. The summed E-state index contributed by atoms with van der Waals surface area (Å²) < 4.78 is 2.83. The summed E-state index contributed by atoms with van der Waals surface area (Å²) in [6.07, 6.45) is 3.15. The van der Waals surface area contributed by atoms with E-state index in [9.17, 15) is 4.79 Å². The molecule has 1 aromatic heterocycles. The summed E-state index contributed by atoms with van der Waals surface area (Å²) in [7, 11) is 0. The van der Waals surface area contributed by atoms with E-state index in [1.807, 2.05) is 28.9 Å². The first-order chi connectivity index (χ1) is 11.2. The first kappa shape index (κ1) is 14.8. The highest BCUT2D eigenvalue weighted by Gasteiger charge is 2.34. The number of amides is 1. The summed E-state index contributed by atoms with van der Waals surface area (Å²) in [5.74, 6) is 0.278. The Balaban J connectivity index is 1.65. The van der Waals surface area contributed by atoms with Gasteiger partial charge in [-0.2, -0.15) is 0 Å². The van der Waals surface area contributed by atoms with Crippen molar-refractivity contribution < 1.29 is 4.79 Å². The fraction of sp³-hybridized carbons (Fsp3) is 0.438. The van der Waals surface area contributed by atoms with E-state index in [1.54, 1.807) is 0 Å². The van der Waals surface area contributed by atoms with Crippen LogP contribution >= 0.6 is 15.9 Å². The van der Waals surface area contributed by atoms with Crippen molar-refractivity contribution >= 4 is 21.8 Å². The number of carbonyl (C=O) groups is 1. The maximum Gasteiger partial charge on any atom is 0.274 e. The highest BCUT2D eigenvalue weighted by atomic mass is 79.9. The van der Waals surface area contributed by atoms with E-state index in [4.69, 9.17) is 0 Å². The average Bonchev–Trinajstić information content (AvgIpc) is 3.08. The number of nitrogens with zero attached hydrogens (tertiary/aromatic N) is 3. The second-order valence-electron chi connectivity index (χ2n) is 6.15. The monoisotopic (exact) mass is 375 g/mol. The molecule has 1 aliphatic carbocycles. The molecule has 1 unspecified atom stereocenters. The van der Waals surface area contributed by atoms with Crippen LogP contribution in [0.4, 0.5) is 0 Å². The third-order valence-electron chi connectivity index (χ3n) is 4.35. The van der Waals surface area contributed by atoms with E-state index in [0.717, 1.165) is 48.2 Å². The van der Waals surface area contributed by atoms with Gasteiger partial charge in [-0.15, -0.1) is 5.10 Å². The minimum Gasteiger partial charge on any atom is -0.347 e. The first-order valence-corrected chi connectivity index (χ1v) is 8.75. The van der Waals surface area contributed by atoms with Crippen molar-refractivity contribution in [2.24, 2.45) is 0 Å². The van der Waals surface area contributed by atoms with Gasteiger partial charge in [-0.3, -0.25) is 4.79 Å². The van der Waals surface area contributed by atoms with Crippen LogP contribution in [0.2, 0.25) is 0 Å². The second kappa shape index (κ2) is 6.05. The van der Waals surface area contributed by atoms with Gasteiger partial charge in [0.25, 0.3) is 5.91 Å². The minimum absolute atomic E-state index is 0.107. The Morgan fingerprint density at radius 2 is 2.04 bits per heavy atom. The number of aromatic nitrogens is 3. The summed E-state index contributed by atoms with van der Waals surface area (Å²) in [4.78, 5) is 12.6. The van der Waals surface area contributed by atoms with Crippen LogP contribution < -0.4 is 10.6 Å². The molecule has 1 saturated carbocycles. The molecule has 0 radical (unpaired) electrons. The Labute approximate surface area is 142 Å². The standard InChI is InChI=1S/C16H18BrN5O/c17-11-3-5-13(6-4-11)22-15(10-1-2-10)14(20-21-22)16(23)19-12-7-8-18-9-12/h3-6,10,12,18H,1-2,7-9H2,(H,19,23). The minimum atomic E-state index is -0.107. The van der Waals surface area contributed by atoms with Crippen molar-refractivity contribution in [2.45, 2.75) is 31.2 Å². The fourth-order valence-electron chi connectivity index (χ4n) is 2.98. The number of nitrogens with one attached hydrogen (secondary N) is 2. The molecule has 1 aliphatic heterocycles. The van der Waals surface area contributed by atoms with Crippen LogP contribution in [0.3, 0.4) is 0 Å². The maximum absolute atomic E-state index is 12.6. The smallest absolute Gasteiger partial charge is 0.274 e. The zero-order valence-electron chi connectivity index (χ0n) is 12.6. The van der Waals surface area contributed by atoms with Crippen LogP contribution in [0.25, 0.3) is 5.69 Å². The maximum atomic E-state index is 12.6. The van der Waals surface area contributed by atoms with Crippen molar-refractivity contribution in [2.75, 3.05) is 13.1 Å². The van der Waals surface area contributed by atoms with Crippen LogP contribution in [0.1, 0.15) is 41.4 Å². The molecule has 2 aliphatic rings. The number of rotatable bonds is 4. The van der Waals surface area contributed by atoms with Crippen LogP contribution in [-0.2, 0) is 0 Å². The molecular weight excluding hydrogens is 358 g/mol. The van der Waals surface area contributed by atoms with Crippen molar-refractivity contribution in [3.63, 3.8) is 0 Å². The van der Waals surface area contributed by atoms with E-state index in [-0.39, 0.29) is 11.9 Å². The van der Waals surface area contributed by atoms with Gasteiger partial charge >= 0.3 is 0 Å². The van der Waals surface area contributed by atoms with Gasteiger partial charge in [-0.1, -0.05) is 21.1 Å². The molecule has 1 saturated heterocycles. The molecule has 2 aromatic rings. The van der Waals surface area contributed by atoms with Gasteiger partial charge in [0.15, 0.2) is 5.69 Å². The van der Waals surface area contributed by atoms with Crippen molar-refractivity contribution in [3.8, 4) is 5.69 Å². The summed E-state index contributed by atoms with van der Waals surface area (Å²) in [5.41, 5.74) is 2.35. The highest BCUT2D eigenvalue weighted by molar-refractivity contribution is 9.10. The molecule has 1 atom stereocenters. The number of hydrogen-bond donors (Lipinski definition) is 2. The van der Waals surface area contributed by atoms with Crippen molar-refractivity contribution in [3.05, 3.63) is 40.1 Å². The molecule has 120 valence electrons. The summed E-state index contributed by atoms with van der Waals surface area (Å²) in [6, 6.07) is 8.09. The molecule has 2 heterocycles. The SMILES string of the molecule is O=C(NC1CCNC1)c1nnn(-c2ccc(Br)cc2)c1C1CC1. The Kier molecular flexibility index (Phi) is 3.90. The normalized spacial score (nSPS) is 20.7. The predicted octanol–water partition coefficient (Wildman–Crippen LogP) is 2.00. The number of hydrogen-bond acceptors (Lipinski definition) is 4. The molecule has 4 rings (SSSR count). The first-order valence-electron chi connectivity index (χ1n) is 7.95. The van der Waals surface area contributed by atoms with Crippen LogP contribution in [0.15, 0.2) is 28.7 Å². The largest absolute Gasteiger partial charge is 0.347 e. The van der Waals surface area contributed by atoms with Crippen LogP contribution in [0, 0.1) is 0 Å². The molecule has 0 bridgehead atoms. The van der Waals surface area contributed by atoms with Gasteiger partial charge in [0.05, 0.1) is 11.4 Å². The van der Waals surface area contributed by atoms with E-state index < -0.39 is 0 Å². The Bertz CT molecular complexity index is 717.